The Labute approximate surface area is 142 Å². The number of halogens is 2. The van der Waals surface area contributed by atoms with Crippen LogP contribution < -0.4 is 4.90 Å². The third-order valence-electron chi connectivity index (χ3n) is 5.10. The van der Waals surface area contributed by atoms with Gasteiger partial charge in [0.1, 0.15) is 4.33 Å². The van der Waals surface area contributed by atoms with Gasteiger partial charge in [-0.1, -0.05) is 30.3 Å². The van der Waals surface area contributed by atoms with E-state index in [2.05, 4.69) is 24.3 Å². The van der Waals surface area contributed by atoms with Gasteiger partial charge in [0.05, 0.1) is 38.1 Å². The number of hydrogen-bond acceptors (Lipinski definition) is 1. The van der Waals surface area contributed by atoms with E-state index in [1.54, 1.807) is 4.90 Å². The van der Waals surface area contributed by atoms with Gasteiger partial charge in [-0.05, 0) is 18.9 Å². The highest BCUT2D eigenvalue weighted by Gasteiger charge is 2.68. The Morgan fingerprint density at radius 2 is 1.82 bits per heavy atom. The van der Waals surface area contributed by atoms with Gasteiger partial charge < -0.3 is 9.80 Å². The Bertz CT molecular complexity index is 541. The summed E-state index contributed by atoms with van der Waals surface area (Å²) < 4.78 is -0.860. The van der Waals surface area contributed by atoms with Crippen LogP contribution in [0.3, 0.4) is 0 Å². The average molecular weight is 342 g/mol. The number of nitrogens with one attached hydrogen (secondary N) is 1. The lowest BCUT2D eigenvalue weighted by atomic mass is 10.1. The Hall–Kier alpha value is -0.770. The molecule has 0 spiro atoms. The molecule has 1 aromatic carbocycles. The molecule has 1 aromatic rings. The number of quaternary nitrogens is 1. The molecule has 0 radical (unpaired) electrons. The molecule has 0 aromatic heterocycles. The number of hydrogen-bond donors (Lipinski definition) is 1. The van der Waals surface area contributed by atoms with Gasteiger partial charge in [0.25, 0.3) is 0 Å². The zero-order chi connectivity index (χ0) is 15.8. The summed E-state index contributed by atoms with van der Waals surface area (Å²) in [6.45, 7) is 6.63. The molecule has 2 fully saturated rings. The van der Waals surface area contributed by atoms with Crippen LogP contribution in [0.15, 0.2) is 30.3 Å². The number of rotatable bonds is 4. The number of amides is 1. The molecule has 0 unspecified atom stereocenters. The van der Waals surface area contributed by atoms with Gasteiger partial charge >= 0.3 is 0 Å². The van der Waals surface area contributed by atoms with Crippen LogP contribution in [-0.4, -0.2) is 47.9 Å². The Morgan fingerprint density at radius 3 is 2.36 bits per heavy atom. The van der Waals surface area contributed by atoms with Crippen molar-refractivity contribution < 1.29 is 9.69 Å². The number of alkyl halides is 2. The molecule has 0 bridgehead atoms. The van der Waals surface area contributed by atoms with Crippen molar-refractivity contribution in [3.8, 4) is 0 Å². The SMILES string of the molecule is C[C@]1(C(=O)N2CC[NH+](CCc3ccccc3)CC2)CC1(Cl)Cl. The van der Waals surface area contributed by atoms with Crippen LogP contribution in [0.1, 0.15) is 18.9 Å². The second-order valence-electron chi connectivity index (χ2n) is 6.74. The van der Waals surface area contributed by atoms with Crippen LogP contribution in [0, 0.1) is 5.41 Å². The third-order valence-corrected chi connectivity index (χ3v) is 6.20. The smallest absolute Gasteiger partial charge is 0.232 e. The Balaban J connectivity index is 1.46. The van der Waals surface area contributed by atoms with Crippen LogP contribution in [0.2, 0.25) is 0 Å². The first-order valence-electron chi connectivity index (χ1n) is 7.97. The fraction of sp³-hybridized carbons (Fsp3) is 0.588. The molecule has 1 heterocycles. The third kappa shape index (κ3) is 3.12. The minimum atomic E-state index is -0.860. The molecule has 1 saturated heterocycles. The highest BCUT2D eigenvalue weighted by molar-refractivity contribution is 6.53. The molecule has 3 rings (SSSR count). The lowest BCUT2D eigenvalue weighted by Crippen LogP contribution is -3.15. The Kier molecular flexibility index (Phi) is 4.41. The van der Waals surface area contributed by atoms with E-state index in [1.807, 2.05) is 17.9 Å². The molecule has 1 aliphatic carbocycles. The molecule has 2 aliphatic rings. The van der Waals surface area contributed by atoms with Crippen molar-refractivity contribution in [2.24, 2.45) is 5.41 Å². The Morgan fingerprint density at radius 1 is 1.23 bits per heavy atom. The highest BCUT2D eigenvalue weighted by Crippen LogP contribution is 2.64. The summed E-state index contributed by atoms with van der Waals surface area (Å²) in [7, 11) is 0. The van der Waals surface area contributed by atoms with E-state index in [0.717, 1.165) is 39.1 Å². The van der Waals surface area contributed by atoms with Crippen molar-refractivity contribution in [2.45, 2.75) is 24.1 Å². The zero-order valence-electron chi connectivity index (χ0n) is 12.9. The average Bonchev–Trinajstić information content (AvgIpc) is 3.06. The molecule has 1 amide bonds. The fourth-order valence-electron chi connectivity index (χ4n) is 3.22. The molecule has 1 saturated carbocycles. The fourth-order valence-corrected chi connectivity index (χ4v) is 3.92. The zero-order valence-corrected chi connectivity index (χ0v) is 14.5. The molecular formula is C17H23Cl2N2O+. The normalized spacial score (nSPS) is 27.7. The highest BCUT2D eigenvalue weighted by atomic mass is 35.5. The second-order valence-corrected chi connectivity index (χ2v) is 8.23. The molecular weight excluding hydrogens is 319 g/mol. The van der Waals surface area contributed by atoms with Crippen LogP contribution in [0.4, 0.5) is 0 Å². The van der Waals surface area contributed by atoms with Gasteiger partial charge in [0, 0.05) is 6.42 Å². The largest absolute Gasteiger partial charge is 0.332 e. The number of piperazine rings is 1. The first kappa shape index (κ1) is 16.1. The van der Waals surface area contributed by atoms with Crippen molar-refractivity contribution >= 4 is 29.1 Å². The molecule has 120 valence electrons. The van der Waals surface area contributed by atoms with Crippen molar-refractivity contribution in [3.63, 3.8) is 0 Å². The number of carbonyl (C=O) groups excluding carboxylic acids is 1. The van der Waals surface area contributed by atoms with Gasteiger partial charge in [-0.15, -0.1) is 23.2 Å². The number of benzene rings is 1. The maximum Gasteiger partial charge on any atom is 0.232 e. The summed E-state index contributed by atoms with van der Waals surface area (Å²) in [6.07, 6.45) is 1.66. The molecule has 1 aliphatic heterocycles. The van der Waals surface area contributed by atoms with Crippen LogP contribution in [0.5, 0.6) is 0 Å². The van der Waals surface area contributed by atoms with Crippen molar-refractivity contribution in [1.82, 2.24) is 4.90 Å². The van der Waals surface area contributed by atoms with Crippen molar-refractivity contribution in [2.75, 3.05) is 32.7 Å². The predicted molar refractivity (Wildman–Crippen MR) is 89.5 cm³/mol. The second kappa shape index (κ2) is 6.03. The molecule has 1 atom stereocenters. The van der Waals surface area contributed by atoms with Gasteiger partial charge in [-0.3, -0.25) is 4.79 Å². The van der Waals surface area contributed by atoms with Crippen LogP contribution >= 0.6 is 23.2 Å². The molecule has 22 heavy (non-hydrogen) atoms. The van der Waals surface area contributed by atoms with Gasteiger partial charge in [0.2, 0.25) is 5.91 Å². The van der Waals surface area contributed by atoms with Gasteiger partial charge in [-0.2, -0.15) is 0 Å². The first-order chi connectivity index (χ1) is 10.4. The van der Waals surface area contributed by atoms with E-state index in [9.17, 15) is 4.79 Å². The maximum absolute atomic E-state index is 12.5. The summed E-state index contributed by atoms with van der Waals surface area (Å²) in [6, 6.07) is 10.6. The summed E-state index contributed by atoms with van der Waals surface area (Å²) in [4.78, 5) is 16.0. The lowest BCUT2D eigenvalue weighted by molar-refractivity contribution is -0.903. The first-order valence-corrected chi connectivity index (χ1v) is 8.73. The number of nitrogens with zero attached hydrogens (tertiary/aromatic N) is 1. The molecule has 1 N–H and O–H groups in total. The van der Waals surface area contributed by atoms with Crippen LogP contribution in [0.25, 0.3) is 0 Å². The summed E-state index contributed by atoms with van der Waals surface area (Å²) in [5, 5.41) is 0. The van der Waals surface area contributed by atoms with E-state index in [-0.39, 0.29) is 5.91 Å². The number of carbonyl (C=O) groups is 1. The predicted octanol–water partition coefficient (Wildman–Crippen LogP) is 1.54. The van der Waals surface area contributed by atoms with Crippen LogP contribution in [-0.2, 0) is 11.2 Å². The minimum Gasteiger partial charge on any atom is -0.332 e. The summed E-state index contributed by atoms with van der Waals surface area (Å²) in [5.74, 6) is 0.125. The van der Waals surface area contributed by atoms with Crippen molar-refractivity contribution in [1.29, 1.82) is 0 Å². The monoisotopic (exact) mass is 341 g/mol. The summed E-state index contributed by atoms with van der Waals surface area (Å²) in [5.41, 5.74) is 0.811. The quantitative estimate of drug-likeness (QED) is 0.825. The van der Waals surface area contributed by atoms with E-state index < -0.39 is 9.75 Å². The standard InChI is InChI=1S/C17H22Cl2N2O/c1-16(13-17(16,18)19)15(22)21-11-9-20(10-12-21)8-7-14-5-3-2-4-6-14/h2-6H,7-13H2,1H3/p+1/t16-/m1/s1. The molecule has 3 nitrogen and oxygen atoms in total. The van der Waals surface area contributed by atoms with E-state index >= 15 is 0 Å². The summed E-state index contributed by atoms with van der Waals surface area (Å²) >= 11 is 12.2. The minimum absolute atomic E-state index is 0.125. The maximum atomic E-state index is 12.5. The molecule has 5 heteroatoms. The van der Waals surface area contributed by atoms with E-state index in [1.165, 1.54) is 5.56 Å². The van der Waals surface area contributed by atoms with E-state index in [4.69, 9.17) is 23.2 Å². The van der Waals surface area contributed by atoms with Gasteiger partial charge in [-0.25, -0.2) is 0 Å². The lowest BCUT2D eigenvalue weighted by Gasteiger charge is -2.34. The van der Waals surface area contributed by atoms with Crippen molar-refractivity contribution in [3.05, 3.63) is 35.9 Å². The van der Waals surface area contributed by atoms with Gasteiger partial charge in [0.15, 0.2) is 0 Å². The topological polar surface area (TPSA) is 24.8 Å². The van der Waals surface area contributed by atoms with E-state index in [0.29, 0.717) is 6.42 Å².